The summed E-state index contributed by atoms with van der Waals surface area (Å²) in [6.07, 6.45) is 0.994. The second-order valence-electron chi connectivity index (χ2n) is 6.71. The van der Waals surface area contributed by atoms with Gasteiger partial charge in [0.2, 0.25) is 0 Å². The fourth-order valence-corrected chi connectivity index (χ4v) is 2.41. The Bertz CT molecular complexity index is 679. The predicted molar refractivity (Wildman–Crippen MR) is 89.6 cm³/mol. The van der Waals surface area contributed by atoms with Crippen LogP contribution in [0.1, 0.15) is 54.7 Å². The molecule has 122 valence electrons. The largest absolute Gasteiger partial charge is 0.545 e. The maximum absolute atomic E-state index is 10.8. The van der Waals surface area contributed by atoms with E-state index in [9.17, 15) is 9.90 Å². The van der Waals surface area contributed by atoms with E-state index in [1.54, 1.807) is 24.3 Å². The van der Waals surface area contributed by atoms with Crippen LogP contribution in [0.4, 0.5) is 0 Å². The summed E-state index contributed by atoms with van der Waals surface area (Å²) in [6, 6.07) is 12.9. The number of carboxylic acids is 1. The molecule has 3 nitrogen and oxygen atoms in total. The van der Waals surface area contributed by atoms with E-state index in [1.807, 2.05) is 6.07 Å². The number of rotatable bonds is 5. The first-order valence-corrected chi connectivity index (χ1v) is 7.87. The molecule has 0 spiro atoms. The van der Waals surface area contributed by atoms with Crippen LogP contribution in [0, 0.1) is 0 Å². The summed E-state index contributed by atoms with van der Waals surface area (Å²) in [5.74, 6) is -0.290. The normalized spacial score (nSPS) is 11.3. The molecule has 2 aromatic carbocycles. The Kier molecular flexibility index (Phi) is 5.09. The van der Waals surface area contributed by atoms with Gasteiger partial charge in [0.25, 0.3) is 0 Å². The van der Waals surface area contributed by atoms with Crippen LogP contribution in [-0.2, 0) is 18.4 Å². The number of carbonyl (C=O) groups is 1. The standard InChI is InChI=1S/C20H24O3/c1-5-14-8-11-18(17(12-14)20(2,3)4)23-13-15-6-9-16(10-7-15)19(21)22/h6-12H,5,13H2,1-4H3,(H,21,22)/p-1. The third-order valence-corrected chi connectivity index (χ3v) is 3.84. The van der Waals surface area contributed by atoms with Crippen molar-refractivity contribution in [3.05, 3.63) is 64.7 Å². The molecule has 23 heavy (non-hydrogen) atoms. The molecule has 0 aliphatic carbocycles. The second kappa shape index (κ2) is 6.86. The molecule has 0 aliphatic heterocycles. The van der Waals surface area contributed by atoms with Gasteiger partial charge in [-0.05, 0) is 40.2 Å². The zero-order chi connectivity index (χ0) is 17.0. The van der Waals surface area contributed by atoms with Crippen molar-refractivity contribution in [1.82, 2.24) is 0 Å². The molecule has 0 N–H and O–H groups in total. The van der Waals surface area contributed by atoms with Crippen molar-refractivity contribution in [2.24, 2.45) is 0 Å². The third-order valence-electron chi connectivity index (χ3n) is 3.84. The highest BCUT2D eigenvalue weighted by molar-refractivity contribution is 5.85. The van der Waals surface area contributed by atoms with Gasteiger partial charge in [0.05, 0.1) is 5.97 Å². The maximum Gasteiger partial charge on any atom is 0.123 e. The average molecular weight is 311 g/mol. The fourth-order valence-electron chi connectivity index (χ4n) is 2.41. The Morgan fingerprint density at radius 3 is 2.17 bits per heavy atom. The summed E-state index contributed by atoms with van der Waals surface area (Å²) in [5.41, 5.74) is 3.58. The third kappa shape index (κ3) is 4.35. The Balaban J connectivity index is 2.18. The van der Waals surface area contributed by atoms with Crippen molar-refractivity contribution in [2.75, 3.05) is 0 Å². The first kappa shape index (κ1) is 17.1. The highest BCUT2D eigenvalue weighted by atomic mass is 16.5. The number of aromatic carboxylic acids is 1. The van der Waals surface area contributed by atoms with Crippen LogP contribution in [0.2, 0.25) is 0 Å². The summed E-state index contributed by atoms with van der Waals surface area (Å²) in [5, 5.41) is 10.8. The second-order valence-corrected chi connectivity index (χ2v) is 6.71. The summed E-state index contributed by atoms with van der Waals surface area (Å²) in [6.45, 7) is 9.05. The number of benzene rings is 2. The molecule has 0 bridgehead atoms. The van der Waals surface area contributed by atoms with Crippen molar-refractivity contribution in [1.29, 1.82) is 0 Å². The van der Waals surface area contributed by atoms with Crippen molar-refractivity contribution < 1.29 is 14.6 Å². The van der Waals surface area contributed by atoms with Crippen LogP contribution >= 0.6 is 0 Å². The van der Waals surface area contributed by atoms with Gasteiger partial charge in [-0.25, -0.2) is 0 Å². The van der Waals surface area contributed by atoms with E-state index in [-0.39, 0.29) is 11.0 Å². The highest BCUT2D eigenvalue weighted by Gasteiger charge is 2.19. The van der Waals surface area contributed by atoms with Gasteiger partial charge >= 0.3 is 0 Å². The molecule has 0 unspecified atom stereocenters. The molecular weight excluding hydrogens is 288 g/mol. The molecule has 0 fully saturated rings. The Morgan fingerprint density at radius 2 is 1.65 bits per heavy atom. The molecular formula is C20H23O3-. The zero-order valence-corrected chi connectivity index (χ0v) is 14.2. The molecule has 0 aliphatic rings. The zero-order valence-electron chi connectivity index (χ0n) is 14.2. The number of ether oxygens (including phenoxy) is 1. The van der Waals surface area contributed by atoms with Crippen molar-refractivity contribution in [3.63, 3.8) is 0 Å². The summed E-state index contributed by atoms with van der Waals surface area (Å²) in [4.78, 5) is 10.8. The van der Waals surface area contributed by atoms with E-state index < -0.39 is 5.97 Å². The molecule has 2 aromatic rings. The van der Waals surface area contributed by atoms with Gasteiger partial charge in [-0.1, -0.05) is 64.1 Å². The lowest BCUT2D eigenvalue weighted by Crippen LogP contribution is -2.22. The van der Waals surface area contributed by atoms with Gasteiger partial charge in [-0.3, -0.25) is 0 Å². The van der Waals surface area contributed by atoms with Crippen LogP contribution in [-0.4, -0.2) is 5.97 Å². The smallest absolute Gasteiger partial charge is 0.123 e. The summed E-state index contributed by atoms with van der Waals surface area (Å²) >= 11 is 0. The van der Waals surface area contributed by atoms with Crippen LogP contribution < -0.4 is 9.84 Å². The lowest BCUT2D eigenvalue weighted by Gasteiger charge is -2.24. The van der Waals surface area contributed by atoms with Crippen LogP contribution in [0.25, 0.3) is 0 Å². The summed E-state index contributed by atoms with van der Waals surface area (Å²) < 4.78 is 5.99. The van der Waals surface area contributed by atoms with Gasteiger partial charge in [0.15, 0.2) is 0 Å². The van der Waals surface area contributed by atoms with Gasteiger partial charge < -0.3 is 14.6 Å². The van der Waals surface area contributed by atoms with E-state index in [2.05, 4.69) is 39.8 Å². The van der Waals surface area contributed by atoms with Crippen molar-refractivity contribution >= 4 is 5.97 Å². The number of hydrogen-bond donors (Lipinski definition) is 0. The molecule has 2 rings (SSSR count). The lowest BCUT2D eigenvalue weighted by atomic mass is 9.85. The van der Waals surface area contributed by atoms with E-state index in [4.69, 9.17) is 4.74 Å². The van der Waals surface area contributed by atoms with E-state index >= 15 is 0 Å². The van der Waals surface area contributed by atoms with Gasteiger partial charge in [0.1, 0.15) is 12.4 Å². The van der Waals surface area contributed by atoms with E-state index in [1.165, 1.54) is 11.1 Å². The van der Waals surface area contributed by atoms with Crippen molar-refractivity contribution in [3.8, 4) is 5.75 Å². The van der Waals surface area contributed by atoms with Gasteiger partial charge in [-0.2, -0.15) is 0 Å². The molecule has 0 radical (unpaired) electrons. The quantitative estimate of drug-likeness (QED) is 0.849. The van der Waals surface area contributed by atoms with Crippen LogP contribution in [0.3, 0.4) is 0 Å². The fraction of sp³-hybridized carbons (Fsp3) is 0.350. The van der Waals surface area contributed by atoms with E-state index in [0.717, 1.165) is 17.7 Å². The summed E-state index contributed by atoms with van der Waals surface area (Å²) in [7, 11) is 0. The Hall–Kier alpha value is -2.29. The maximum atomic E-state index is 10.8. The average Bonchev–Trinajstić information content (AvgIpc) is 2.52. The molecule has 0 atom stereocenters. The number of carboxylic acid groups (broad SMARTS) is 1. The minimum atomic E-state index is -1.16. The van der Waals surface area contributed by atoms with Gasteiger partial charge in [-0.15, -0.1) is 0 Å². The molecule has 3 heteroatoms. The first-order valence-electron chi connectivity index (χ1n) is 7.87. The SMILES string of the molecule is CCc1ccc(OCc2ccc(C(=O)[O-])cc2)c(C(C)(C)C)c1. The van der Waals surface area contributed by atoms with Crippen molar-refractivity contribution in [2.45, 2.75) is 46.1 Å². The number of aryl methyl sites for hydroxylation is 1. The van der Waals surface area contributed by atoms with Crippen LogP contribution in [0.15, 0.2) is 42.5 Å². The first-order chi connectivity index (χ1) is 10.8. The topological polar surface area (TPSA) is 49.4 Å². The van der Waals surface area contributed by atoms with Gasteiger partial charge in [0, 0.05) is 0 Å². The minimum Gasteiger partial charge on any atom is -0.545 e. The predicted octanol–water partition coefficient (Wildman–Crippen LogP) is 3.49. The molecule has 0 heterocycles. The molecule has 0 saturated carbocycles. The molecule has 0 aromatic heterocycles. The highest BCUT2D eigenvalue weighted by Crippen LogP contribution is 2.32. The monoisotopic (exact) mass is 311 g/mol. The Labute approximate surface area is 137 Å². The van der Waals surface area contributed by atoms with Crippen LogP contribution in [0.5, 0.6) is 5.75 Å². The number of hydrogen-bond acceptors (Lipinski definition) is 3. The molecule has 0 amide bonds. The Morgan fingerprint density at radius 1 is 1.04 bits per heavy atom. The molecule has 0 saturated heterocycles. The number of carbonyl (C=O) groups excluding carboxylic acids is 1. The van der Waals surface area contributed by atoms with E-state index in [0.29, 0.717) is 6.61 Å². The lowest BCUT2D eigenvalue weighted by molar-refractivity contribution is -0.255. The minimum absolute atomic E-state index is 0.000647.